The number of amides is 3. The second-order valence-corrected chi connectivity index (χ2v) is 11.2. The number of aromatic nitrogens is 3. The summed E-state index contributed by atoms with van der Waals surface area (Å²) in [6.07, 6.45) is -3.52. The maximum Gasteiger partial charge on any atom is 0.573 e. The van der Waals surface area contributed by atoms with Crippen LogP contribution >= 0.6 is 11.8 Å². The van der Waals surface area contributed by atoms with E-state index in [2.05, 4.69) is 25.1 Å². The normalized spacial score (nSPS) is 14.3. The topological polar surface area (TPSA) is 111 Å². The zero-order valence-electron chi connectivity index (χ0n) is 24.4. The highest BCUT2D eigenvalue weighted by Gasteiger charge is 2.33. The summed E-state index contributed by atoms with van der Waals surface area (Å²) < 4.78 is 76.9. The molecule has 1 aromatic heterocycles. The van der Waals surface area contributed by atoms with Crippen LogP contribution in [0.4, 0.5) is 38.1 Å². The van der Waals surface area contributed by atoms with E-state index >= 15 is 0 Å². The third kappa shape index (κ3) is 7.62. The van der Waals surface area contributed by atoms with Gasteiger partial charge >= 0.3 is 18.4 Å². The fourth-order valence-electron chi connectivity index (χ4n) is 4.39. The largest absolute Gasteiger partial charge is 0.573 e. The second kappa shape index (κ2) is 13.2. The molecule has 4 aromatic rings. The lowest BCUT2D eigenvalue weighted by atomic mass is 9.98. The van der Waals surface area contributed by atoms with Crippen LogP contribution < -0.4 is 19.7 Å². The molecule has 46 heavy (non-hydrogen) atoms. The van der Waals surface area contributed by atoms with E-state index in [4.69, 9.17) is 4.74 Å². The number of hydrogen-bond donors (Lipinski definition) is 1. The van der Waals surface area contributed by atoms with Gasteiger partial charge in [-0.05, 0) is 78.1 Å². The molecule has 0 atom stereocenters. The minimum absolute atomic E-state index is 0.0272. The molecule has 5 rings (SSSR count). The number of rotatable bonds is 8. The fourth-order valence-corrected chi connectivity index (χ4v) is 5.24. The number of anilines is 2. The number of carbonyl (C=O) groups is 2. The molecule has 3 amide bonds. The Labute approximate surface area is 263 Å². The third-order valence-electron chi connectivity index (χ3n) is 6.58. The van der Waals surface area contributed by atoms with Gasteiger partial charge in [0.25, 0.3) is 0 Å². The molecule has 1 aliphatic rings. The lowest BCUT2D eigenvalue weighted by Crippen LogP contribution is -2.31. The van der Waals surface area contributed by atoms with Gasteiger partial charge in [0, 0.05) is 0 Å². The molecular weight excluding hydrogens is 635 g/mol. The van der Waals surface area contributed by atoms with Crippen LogP contribution in [0, 0.1) is 18.6 Å². The molecule has 16 heteroatoms. The molecular formula is C30H25F5N6O4S. The van der Waals surface area contributed by atoms with Crippen molar-refractivity contribution < 1.29 is 41.0 Å². The summed E-state index contributed by atoms with van der Waals surface area (Å²) in [6.45, 7) is 5.14. The number of alkyl halides is 3. The molecule has 2 heterocycles. The van der Waals surface area contributed by atoms with Crippen molar-refractivity contribution in [3.8, 4) is 17.4 Å². The van der Waals surface area contributed by atoms with E-state index in [0.717, 1.165) is 30.0 Å². The van der Waals surface area contributed by atoms with Gasteiger partial charge in [-0.15, -0.1) is 18.3 Å². The zero-order chi connectivity index (χ0) is 33.2. The minimum atomic E-state index is -4.81. The van der Waals surface area contributed by atoms with E-state index in [1.807, 2.05) is 13.8 Å². The molecule has 1 aliphatic heterocycles. The van der Waals surface area contributed by atoms with E-state index in [1.165, 1.54) is 52.3 Å². The van der Waals surface area contributed by atoms with E-state index < -0.39 is 29.8 Å². The molecule has 1 N–H and O–H groups in total. The number of nitrogens with zero attached hydrogens (tertiary/aromatic N) is 5. The summed E-state index contributed by atoms with van der Waals surface area (Å²) in [7, 11) is 0. The van der Waals surface area contributed by atoms with Crippen LogP contribution in [0.2, 0.25) is 0 Å². The second-order valence-electron chi connectivity index (χ2n) is 10.3. The standard InChI is InChI=1S/C30H25F5N6O4S/c1-16(2)21-12-22(31)17(3)10-25(21)41-26(42)14-46-29(41)38-27(43)37-24-9-4-18(11-23(24)32)13-44-28-36-15-40(39-28)19-5-7-20(8-6-19)45-30(33,34)35/h4-12,15-16H,13-14H2,1-3H3,(H,37,43). The maximum atomic E-state index is 14.9. The van der Waals surface area contributed by atoms with Gasteiger partial charge in [0.1, 0.15) is 30.3 Å². The Bertz CT molecular complexity index is 1810. The van der Waals surface area contributed by atoms with E-state index in [0.29, 0.717) is 28.1 Å². The summed E-state index contributed by atoms with van der Waals surface area (Å²) in [5.41, 5.74) is 1.94. The number of halogens is 5. The number of urea groups is 1. The van der Waals surface area contributed by atoms with Crippen LogP contribution in [-0.2, 0) is 11.4 Å². The number of thioether (sulfide) groups is 1. The summed E-state index contributed by atoms with van der Waals surface area (Å²) in [6, 6.07) is 10.8. The zero-order valence-corrected chi connectivity index (χ0v) is 25.2. The van der Waals surface area contributed by atoms with Crippen molar-refractivity contribution >= 4 is 40.2 Å². The number of amidine groups is 1. The Morgan fingerprint density at radius 2 is 1.83 bits per heavy atom. The molecule has 1 fully saturated rings. The van der Waals surface area contributed by atoms with Gasteiger partial charge in [0.05, 0.1) is 22.8 Å². The Kier molecular flexibility index (Phi) is 9.27. The number of aliphatic imine (C=N–C) groups is 1. The smallest absolute Gasteiger partial charge is 0.458 e. The summed E-state index contributed by atoms with van der Waals surface area (Å²) >= 11 is 1.04. The number of carbonyl (C=O) groups excluding carboxylic acids is 2. The predicted octanol–water partition coefficient (Wildman–Crippen LogP) is 7.12. The first-order chi connectivity index (χ1) is 21.8. The average molecular weight is 661 g/mol. The molecule has 0 unspecified atom stereocenters. The van der Waals surface area contributed by atoms with Crippen molar-refractivity contribution in [2.75, 3.05) is 16.0 Å². The van der Waals surface area contributed by atoms with Gasteiger partial charge in [-0.25, -0.2) is 18.3 Å². The number of nitrogens with one attached hydrogen (secondary N) is 1. The Balaban J connectivity index is 1.22. The van der Waals surface area contributed by atoms with Gasteiger partial charge in [-0.3, -0.25) is 9.69 Å². The van der Waals surface area contributed by atoms with E-state index in [1.54, 1.807) is 6.92 Å². The molecule has 240 valence electrons. The van der Waals surface area contributed by atoms with Crippen LogP contribution in [0.5, 0.6) is 11.8 Å². The van der Waals surface area contributed by atoms with E-state index in [9.17, 15) is 31.5 Å². The van der Waals surface area contributed by atoms with Crippen molar-refractivity contribution in [1.82, 2.24) is 14.8 Å². The number of ether oxygens (including phenoxy) is 2. The quantitative estimate of drug-likeness (QED) is 0.200. The van der Waals surface area contributed by atoms with E-state index in [-0.39, 0.29) is 41.1 Å². The summed E-state index contributed by atoms with van der Waals surface area (Å²) in [4.78, 5) is 34.8. The Hall–Kier alpha value is -4.99. The van der Waals surface area contributed by atoms with Gasteiger partial charge in [0.2, 0.25) is 5.91 Å². The highest BCUT2D eigenvalue weighted by atomic mass is 32.2. The number of hydrogen-bond acceptors (Lipinski definition) is 7. The molecule has 0 aliphatic carbocycles. The molecule has 3 aromatic carbocycles. The van der Waals surface area contributed by atoms with Gasteiger partial charge in [0.15, 0.2) is 5.17 Å². The molecule has 0 saturated carbocycles. The van der Waals surface area contributed by atoms with Crippen molar-refractivity contribution in [2.24, 2.45) is 4.99 Å². The van der Waals surface area contributed by atoms with Crippen LogP contribution in [0.15, 0.2) is 65.9 Å². The highest BCUT2D eigenvalue weighted by Crippen LogP contribution is 2.35. The lowest BCUT2D eigenvalue weighted by Gasteiger charge is -2.22. The highest BCUT2D eigenvalue weighted by molar-refractivity contribution is 8.15. The lowest BCUT2D eigenvalue weighted by molar-refractivity contribution is -0.274. The minimum Gasteiger partial charge on any atom is -0.458 e. The van der Waals surface area contributed by atoms with Crippen LogP contribution in [-0.4, -0.2) is 44.0 Å². The first-order valence-electron chi connectivity index (χ1n) is 13.6. The summed E-state index contributed by atoms with van der Waals surface area (Å²) in [5, 5.41) is 6.54. The van der Waals surface area contributed by atoms with Gasteiger partial charge < -0.3 is 14.8 Å². The van der Waals surface area contributed by atoms with Gasteiger partial charge in [-0.2, -0.15) is 9.98 Å². The Morgan fingerprint density at radius 1 is 1.09 bits per heavy atom. The monoisotopic (exact) mass is 660 g/mol. The van der Waals surface area contributed by atoms with Crippen LogP contribution in [0.25, 0.3) is 5.69 Å². The average Bonchev–Trinajstić information content (AvgIpc) is 3.60. The molecule has 1 saturated heterocycles. The van der Waals surface area contributed by atoms with Crippen molar-refractivity contribution in [2.45, 2.75) is 39.7 Å². The van der Waals surface area contributed by atoms with Crippen molar-refractivity contribution in [3.63, 3.8) is 0 Å². The third-order valence-corrected chi connectivity index (χ3v) is 7.51. The SMILES string of the molecule is Cc1cc(N2C(=O)CSC2=NC(=O)Nc2ccc(COc3ncn(-c4ccc(OC(F)(F)F)cc4)n3)cc2F)c(C(C)C)cc1F. The van der Waals surface area contributed by atoms with Gasteiger partial charge in [-0.1, -0.05) is 31.7 Å². The first-order valence-corrected chi connectivity index (χ1v) is 14.6. The van der Waals surface area contributed by atoms with Crippen molar-refractivity contribution in [1.29, 1.82) is 0 Å². The molecule has 0 bridgehead atoms. The number of aryl methyl sites for hydroxylation is 1. The fraction of sp³-hybridized carbons (Fsp3) is 0.233. The number of benzene rings is 3. The first kappa shape index (κ1) is 32.4. The van der Waals surface area contributed by atoms with Crippen LogP contribution in [0.3, 0.4) is 0 Å². The van der Waals surface area contributed by atoms with Crippen molar-refractivity contribution in [3.05, 3.63) is 89.2 Å². The summed E-state index contributed by atoms with van der Waals surface area (Å²) in [5.74, 6) is -2.00. The maximum absolute atomic E-state index is 14.9. The Morgan fingerprint density at radius 3 is 2.50 bits per heavy atom. The molecule has 0 spiro atoms. The molecule has 0 radical (unpaired) electrons. The predicted molar refractivity (Wildman–Crippen MR) is 160 cm³/mol. The molecule has 10 nitrogen and oxygen atoms in total. The van der Waals surface area contributed by atoms with Crippen LogP contribution in [0.1, 0.15) is 36.5 Å².